The van der Waals surface area contributed by atoms with Crippen LogP contribution in [0.3, 0.4) is 0 Å². The average Bonchev–Trinajstić information content (AvgIpc) is 2.64. The lowest BCUT2D eigenvalue weighted by atomic mass is 10.1. The van der Waals surface area contributed by atoms with E-state index in [1.807, 2.05) is 0 Å². The lowest BCUT2D eigenvalue weighted by molar-refractivity contribution is -0.131. The van der Waals surface area contributed by atoms with E-state index >= 15 is 0 Å². The minimum Gasteiger partial charge on any atom is -0.339 e. The summed E-state index contributed by atoms with van der Waals surface area (Å²) in [5.41, 5.74) is 0.372. The highest BCUT2D eigenvalue weighted by Gasteiger charge is 2.20. The van der Waals surface area contributed by atoms with E-state index in [9.17, 15) is 30.8 Å². The van der Waals surface area contributed by atoms with Gasteiger partial charge in [0.1, 0.15) is 0 Å². The monoisotopic (exact) mass is 418 g/mol. The van der Waals surface area contributed by atoms with Crippen molar-refractivity contribution >= 4 is 15.9 Å². The first-order valence-corrected chi connectivity index (χ1v) is 9.66. The van der Waals surface area contributed by atoms with Crippen LogP contribution in [0.15, 0.2) is 41.3 Å². The molecule has 2 aromatic rings. The van der Waals surface area contributed by atoms with E-state index in [1.54, 1.807) is 6.92 Å². The molecule has 5 nitrogen and oxygen atoms in total. The van der Waals surface area contributed by atoms with Gasteiger partial charge in [0, 0.05) is 20.0 Å². The van der Waals surface area contributed by atoms with Gasteiger partial charge in [-0.2, -0.15) is 0 Å². The van der Waals surface area contributed by atoms with Gasteiger partial charge in [-0.1, -0.05) is 6.07 Å². The Hall–Kier alpha value is -2.46. The molecule has 0 heterocycles. The Labute approximate surface area is 160 Å². The average molecular weight is 418 g/mol. The van der Waals surface area contributed by atoms with E-state index in [2.05, 4.69) is 4.72 Å². The van der Waals surface area contributed by atoms with Gasteiger partial charge in [0.25, 0.3) is 0 Å². The van der Waals surface area contributed by atoms with E-state index < -0.39 is 50.1 Å². The molecule has 0 bridgehead atoms. The van der Waals surface area contributed by atoms with Gasteiger partial charge in [0.2, 0.25) is 15.9 Å². The van der Waals surface area contributed by atoms with E-state index in [0.29, 0.717) is 17.7 Å². The molecule has 0 fully saturated rings. The van der Waals surface area contributed by atoms with Crippen LogP contribution in [0.2, 0.25) is 0 Å². The highest BCUT2D eigenvalue weighted by molar-refractivity contribution is 7.89. The summed E-state index contributed by atoms with van der Waals surface area (Å²) < 4.78 is 78.7. The first kappa shape index (κ1) is 21.8. The predicted octanol–water partition coefficient (Wildman–Crippen LogP) is 3.13. The van der Waals surface area contributed by atoms with Crippen molar-refractivity contribution < 1.29 is 30.8 Å². The van der Waals surface area contributed by atoms with Gasteiger partial charge in [0.05, 0.1) is 10.9 Å². The fraction of sp³-hybridized carbons (Fsp3) is 0.278. The summed E-state index contributed by atoms with van der Waals surface area (Å²) in [6.45, 7) is 1.32. The highest BCUT2D eigenvalue weighted by Crippen LogP contribution is 2.21. The van der Waals surface area contributed by atoms with Crippen LogP contribution in [0, 0.1) is 23.3 Å². The standard InChI is InChI=1S/C18H18F4N2O3S/c1-11(12-3-5-14(19)16(21)9-12)24(2)18(25)7-8-23-28(26,27)13-4-6-15(20)17(22)10-13/h3-6,9-11,23H,7-8H2,1-2H3. The third kappa shape index (κ3) is 5.08. The zero-order valence-corrected chi connectivity index (χ0v) is 15.9. The Kier molecular flexibility index (Phi) is 6.78. The lowest BCUT2D eigenvalue weighted by Gasteiger charge is -2.25. The normalized spacial score (nSPS) is 12.6. The second-order valence-corrected chi connectivity index (χ2v) is 7.84. The molecule has 10 heteroatoms. The van der Waals surface area contributed by atoms with Crippen LogP contribution in [0.25, 0.3) is 0 Å². The van der Waals surface area contributed by atoms with Crippen molar-refractivity contribution in [1.82, 2.24) is 9.62 Å². The summed E-state index contributed by atoms with van der Waals surface area (Å²) in [5, 5.41) is 0. The molecule has 152 valence electrons. The number of sulfonamides is 1. The van der Waals surface area contributed by atoms with Crippen molar-refractivity contribution in [2.75, 3.05) is 13.6 Å². The molecule has 1 amide bonds. The molecule has 0 aromatic heterocycles. The summed E-state index contributed by atoms with van der Waals surface area (Å²) in [6, 6.07) is 4.83. The molecule has 28 heavy (non-hydrogen) atoms. The summed E-state index contributed by atoms with van der Waals surface area (Å²) >= 11 is 0. The van der Waals surface area contributed by atoms with Gasteiger partial charge in [-0.15, -0.1) is 0 Å². The number of rotatable bonds is 7. The molecular formula is C18H18F4N2O3S. The maximum absolute atomic E-state index is 13.3. The summed E-state index contributed by atoms with van der Waals surface area (Å²) in [4.78, 5) is 13.0. The van der Waals surface area contributed by atoms with Crippen LogP contribution in [0.5, 0.6) is 0 Å². The van der Waals surface area contributed by atoms with Gasteiger partial charge in [0.15, 0.2) is 23.3 Å². The number of nitrogens with zero attached hydrogens (tertiary/aromatic N) is 1. The summed E-state index contributed by atoms with van der Waals surface area (Å²) in [5.74, 6) is -4.98. The Morgan fingerprint density at radius 3 is 2.14 bits per heavy atom. The Bertz CT molecular complexity index is 983. The number of hydrogen-bond donors (Lipinski definition) is 1. The van der Waals surface area contributed by atoms with Crippen molar-refractivity contribution in [3.63, 3.8) is 0 Å². The topological polar surface area (TPSA) is 66.5 Å². The predicted molar refractivity (Wildman–Crippen MR) is 93.7 cm³/mol. The minimum absolute atomic E-state index is 0.229. The Morgan fingerprint density at radius 1 is 1.00 bits per heavy atom. The quantitative estimate of drug-likeness (QED) is 0.703. The zero-order valence-electron chi connectivity index (χ0n) is 15.0. The van der Waals surface area contributed by atoms with Crippen LogP contribution in [-0.4, -0.2) is 32.8 Å². The van der Waals surface area contributed by atoms with Gasteiger partial charge in [-0.3, -0.25) is 4.79 Å². The fourth-order valence-electron chi connectivity index (χ4n) is 2.41. The van der Waals surface area contributed by atoms with Gasteiger partial charge in [-0.25, -0.2) is 30.7 Å². The number of hydrogen-bond acceptors (Lipinski definition) is 3. The Balaban J connectivity index is 1.96. The molecule has 0 aliphatic carbocycles. The second-order valence-electron chi connectivity index (χ2n) is 6.08. The van der Waals surface area contributed by atoms with Crippen molar-refractivity contribution in [3.05, 3.63) is 65.2 Å². The van der Waals surface area contributed by atoms with Crippen LogP contribution >= 0.6 is 0 Å². The fourth-order valence-corrected chi connectivity index (χ4v) is 3.45. The minimum atomic E-state index is -4.12. The number of carbonyl (C=O) groups is 1. The lowest BCUT2D eigenvalue weighted by Crippen LogP contribution is -2.33. The summed E-state index contributed by atoms with van der Waals surface area (Å²) in [6.07, 6.45) is -0.229. The molecule has 2 aromatic carbocycles. The van der Waals surface area contributed by atoms with Crippen LogP contribution in [-0.2, 0) is 14.8 Å². The second kappa shape index (κ2) is 8.70. The van der Waals surface area contributed by atoms with Crippen molar-refractivity contribution in [3.8, 4) is 0 Å². The van der Waals surface area contributed by atoms with Crippen LogP contribution in [0.4, 0.5) is 17.6 Å². The third-order valence-electron chi connectivity index (χ3n) is 4.23. The number of halogens is 4. The van der Waals surface area contributed by atoms with Crippen molar-refractivity contribution in [2.24, 2.45) is 0 Å². The summed E-state index contributed by atoms with van der Waals surface area (Å²) in [7, 11) is -2.68. The molecule has 0 aliphatic rings. The number of nitrogens with one attached hydrogen (secondary N) is 1. The van der Waals surface area contributed by atoms with E-state index in [4.69, 9.17) is 0 Å². The molecule has 1 unspecified atom stereocenters. The molecule has 0 spiro atoms. The molecule has 1 N–H and O–H groups in total. The number of benzene rings is 2. The molecule has 0 radical (unpaired) electrons. The molecular weight excluding hydrogens is 400 g/mol. The maximum Gasteiger partial charge on any atom is 0.240 e. The van der Waals surface area contributed by atoms with E-state index in [1.165, 1.54) is 18.0 Å². The van der Waals surface area contributed by atoms with Gasteiger partial charge < -0.3 is 4.90 Å². The van der Waals surface area contributed by atoms with Gasteiger partial charge >= 0.3 is 0 Å². The van der Waals surface area contributed by atoms with Crippen molar-refractivity contribution in [1.29, 1.82) is 0 Å². The molecule has 0 saturated carbocycles. The van der Waals surface area contributed by atoms with Crippen LogP contribution < -0.4 is 4.72 Å². The van der Waals surface area contributed by atoms with E-state index in [0.717, 1.165) is 18.2 Å². The maximum atomic E-state index is 13.3. The smallest absolute Gasteiger partial charge is 0.240 e. The number of amides is 1. The van der Waals surface area contributed by atoms with E-state index in [-0.39, 0.29) is 13.0 Å². The number of carbonyl (C=O) groups excluding carboxylic acids is 1. The van der Waals surface area contributed by atoms with Crippen LogP contribution in [0.1, 0.15) is 24.9 Å². The van der Waals surface area contributed by atoms with Gasteiger partial charge in [-0.05, 0) is 42.8 Å². The largest absolute Gasteiger partial charge is 0.339 e. The third-order valence-corrected chi connectivity index (χ3v) is 5.69. The molecule has 0 aliphatic heterocycles. The first-order valence-electron chi connectivity index (χ1n) is 8.18. The molecule has 1 atom stereocenters. The molecule has 2 rings (SSSR count). The Morgan fingerprint density at radius 2 is 1.57 bits per heavy atom. The highest BCUT2D eigenvalue weighted by atomic mass is 32.2. The zero-order chi connectivity index (χ0) is 21.1. The first-order chi connectivity index (χ1) is 13.0. The SMILES string of the molecule is CC(c1ccc(F)c(F)c1)N(C)C(=O)CCNS(=O)(=O)c1ccc(F)c(F)c1. The van der Waals surface area contributed by atoms with Crippen molar-refractivity contribution in [2.45, 2.75) is 24.3 Å². The molecule has 0 saturated heterocycles.